The molecule has 4 rings (SSSR count). The lowest BCUT2D eigenvalue weighted by Crippen LogP contribution is -2.13. The van der Waals surface area contributed by atoms with Crippen molar-refractivity contribution < 1.29 is 23.4 Å². The average molecular weight is 479 g/mol. The number of nitrogens with one attached hydrogen (secondary N) is 1. The van der Waals surface area contributed by atoms with Crippen molar-refractivity contribution in [1.82, 2.24) is 14.8 Å². The van der Waals surface area contributed by atoms with E-state index < -0.39 is 0 Å². The monoisotopic (exact) mass is 478 g/mol. The fourth-order valence-electron chi connectivity index (χ4n) is 4.16. The van der Waals surface area contributed by atoms with E-state index in [9.17, 15) is 9.18 Å². The molecule has 2 aromatic heterocycles. The van der Waals surface area contributed by atoms with E-state index in [1.165, 1.54) is 19.2 Å². The number of carbonyl (C=O) groups is 1. The first-order chi connectivity index (χ1) is 16.9. The van der Waals surface area contributed by atoms with Gasteiger partial charge >= 0.3 is 0 Å². The Bertz CT molecular complexity index is 1400. The molecule has 8 nitrogen and oxygen atoms in total. The smallest absolute Gasteiger partial charge is 0.224 e. The number of halogens is 1. The molecular formula is C26H27FN4O4. The number of hydrogen-bond acceptors (Lipinski definition) is 6. The van der Waals surface area contributed by atoms with Crippen LogP contribution in [0.25, 0.3) is 16.7 Å². The Labute approximate surface area is 202 Å². The maximum atomic E-state index is 13.8. The van der Waals surface area contributed by atoms with Crippen LogP contribution >= 0.6 is 0 Å². The molecule has 0 atom stereocenters. The van der Waals surface area contributed by atoms with Gasteiger partial charge in [-0.15, -0.1) is 0 Å². The molecule has 0 aliphatic carbocycles. The molecule has 2 heterocycles. The first-order valence-electron chi connectivity index (χ1n) is 11.1. The van der Waals surface area contributed by atoms with Crippen LogP contribution in [0.5, 0.6) is 17.4 Å². The normalized spacial score (nSPS) is 10.9. The van der Waals surface area contributed by atoms with Crippen molar-refractivity contribution in [3.05, 3.63) is 65.1 Å². The molecule has 0 fully saturated rings. The number of hydrogen-bond donors (Lipinski definition) is 1. The van der Waals surface area contributed by atoms with Gasteiger partial charge < -0.3 is 19.5 Å². The summed E-state index contributed by atoms with van der Waals surface area (Å²) in [6.07, 6.45) is 0.636. The molecule has 9 heteroatoms. The second kappa shape index (κ2) is 10.0. The van der Waals surface area contributed by atoms with E-state index in [2.05, 4.69) is 15.4 Å². The topological polar surface area (TPSA) is 87.5 Å². The molecule has 0 bridgehead atoms. The van der Waals surface area contributed by atoms with Gasteiger partial charge in [0.1, 0.15) is 5.82 Å². The lowest BCUT2D eigenvalue weighted by molar-refractivity contribution is -0.116. The Kier molecular flexibility index (Phi) is 6.86. The average Bonchev–Trinajstić information content (AvgIpc) is 3.19. The van der Waals surface area contributed by atoms with Crippen LogP contribution in [-0.2, 0) is 11.2 Å². The molecule has 0 aliphatic rings. The van der Waals surface area contributed by atoms with Crippen LogP contribution in [0.1, 0.15) is 23.2 Å². The number of ether oxygens (including phenoxy) is 3. The maximum absolute atomic E-state index is 13.8. The molecule has 0 unspecified atom stereocenters. The zero-order valence-corrected chi connectivity index (χ0v) is 20.3. The number of amides is 1. The van der Waals surface area contributed by atoms with E-state index in [0.717, 1.165) is 22.2 Å². The van der Waals surface area contributed by atoms with Crippen molar-refractivity contribution in [3.8, 4) is 23.1 Å². The Balaban J connectivity index is 1.60. The summed E-state index contributed by atoms with van der Waals surface area (Å²) in [5.41, 5.74) is 4.25. The molecule has 1 amide bonds. The minimum Gasteiger partial charge on any atom is -0.493 e. The van der Waals surface area contributed by atoms with Crippen LogP contribution in [0.15, 0.2) is 42.5 Å². The Hall–Kier alpha value is -4.14. The Morgan fingerprint density at radius 1 is 1.03 bits per heavy atom. The number of benzene rings is 2. The van der Waals surface area contributed by atoms with Gasteiger partial charge in [-0.25, -0.2) is 9.07 Å². The Morgan fingerprint density at radius 2 is 1.80 bits per heavy atom. The molecule has 0 saturated carbocycles. The highest BCUT2D eigenvalue weighted by Gasteiger charge is 2.20. The van der Waals surface area contributed by atoms with Gasteiger partial charge in [-0.05, 0) is 56.2 Å². The van der Waals surface area contributed by atoms with Crippen molar-refractivity contribution in [2.45, 2.75) is 26.7 Å². The highest BCUT2D eigenvalue weighted by molar-refractivity contribution is 5.91. The van der Waals surface area contributed by atoms with Gasteiger partial charge in [0.15, 0.2) is 17.1 Å². The quantitative estimate of drug-likeness (QED) is 0.392. The molecule has 0 saturated heterocycles. The number of fused-ring (bicyclic) bond motifs is 1. The number of aryl methyl sites for hydroxylation is 2. The third kappa shape index (κ3) is 4.75. The van der Waals surface area contributed by atoms with Gasteiger partial charge in [0.2, 0.25) is 11.8 Å². The van der Waals surface area contributed by atoms with Gasteiger partial charge in [-0.3, -0.25) is 4.79 Å². The highest BCUT2D eigenvalue weighted by atomic mass is 19.1. The van der Waals surface area contributed by atoms with Gasteiger partial charge in [0, 0.05) is 29.1 Å². The van der Waals surface area contributed by atoms with E-state index in [1.54, 1.807) is 49.2 Å². The summed E-state index contributed by atoms with van der Waals surface area (Å²) >= 11 is 0. The lowest BCUT2D eigenvalue weighted by Gasteiger charge is -2.14. The summed E-state index contributed by atoms with van der Waals surface area (Å²) in [6, 6.07) is 11.4. The molecule has 1 N–H and O–H groups in total. The number of aromatic nitrogens is 3. The van der Waals surface area contributed by atoms with Crippen molar-refractivity contribution in [2.24, 2.45) is 0 Å². The molecular weight excluding hydrogens is 451 g/mol. The predicted molar refractivity (Wildman–Crippen MR) is 131 cm³/mol. The fourth-order valence-corrected chi connectivity index (χ4v) is 4.16. The summed E-state index contributed by atoms with van der Waals surface area (Å²) in [5, 5.41) is 8.33. The molecule has 0 aliphatic heterocycles. The van der Waals surface area contributed by atoms with Crippen molar-refractivity contribution in [3.63, 3.8) is 0 Å². The zero-order valence-electron chi connectivity index (χ0n) is 20.3. The first kappa shape index (κ1) is 24.0. The number of rotatable bonds is 8. The van der Waals surface area contributed by atoms with E-state index in [-0.39, 0.29) is 18.1 Å². The van der Waals surface area contributed by atoms with Crippen LogP contribution < -0.4 is 19.5 Å². The van der Waals surface area contributed by atoms with Crippen LogP contribution in [0.4, 0.5) is 10.1 Å². The van der Waals surface area contributed by atoms with Crippen molar-refractivity contribution in [1.29, 1.82) is 0 Å². The number of nitrogens with zero attached hydrogens (tertiary/aromatic N) is 3. The van der Waals surface area contributed by atoms with Gasteiger partial charge in [-0.2, -0.15) is 10.1 Å². The van der Waals surface area contributed by atoms with Gasteiger partial charge in [0.25, 0.3) is 0 Å². The minimum absolute atomic E-state index is 0.161. The third-order valence-corrected chi connectivity index (χ3v) is 5.84. The minimum atomic E-state index is -0.357. The molecule has 35 heavy (non-hydrogen) atoms. The van der Waals surface area contributed by atoms with Crippen LogP contribution in [0.2, 0.25) is 0 Å². The SMILES string of the molecule is COc1ccc(NC(=O)CCc2c(OC)nc3c(c(C)nn3-c3cccc(F)c3)c2C)cc1OC. The molecule has 0 spiro atoms. The van der Waals surface area contributed by atoms with Gasteiger partial charge in [-0.1, -0.05) is 6.07 Å². The first-order valence-corrected chi connectivity index (χ1v) is 11.1. The lowest BCUT2D eigenvalue weighted by atomic mass is 10.0. The molecule has 182 valence electrons. The summed E-state index contributed by atoms with van der Waals surface area (Å²) in [5.74, 6) is 1.00. The standard InChI is InChI=1S/C26H27FN4O4/c1-15-20(10-12-23(32)28-18-9-11-21(33-3)22(14-18)34-4)26(35-5)29-25-24(15)16(2)30-31(25)19-8-6-7-17(27)13-19/h6-9,11,13-14H,10,12H2,1-5H3,(H,28,32). The molecule has 2 aromatic carbocycles. The molecule has 0 radical (unpaired) electrons. The number of methoxy groups -OCH3 is 3. The number of carbonyl (C=O) groups excluding carboxylic acids is 1. The third-order valence-electron chi connectivity index (χ3n) is 5.84. The van der Waals surface area contributed by atoms with E-state index in [1.807, 2.05) is 13.8 Å². The zero-order chi connectivity index (χ0) is 25.1. The van der Waals surface area contributed by atoms with E-state index in [0.29, 0.717) is 40.8 Å². The van der Waals surface area contributed by atoms with E-state index in [4.69, 9.17) is 14.2 Å². The predicted octanol–water partition coefficient (Wildman–Crippen LogP) is 4.77. The van der Waals surface area contributed by atoms with E-state index >= 15 is 0 Å². The number of pyridine rings is 1. The van der Waals surface area contributed by atoms with Crippen LogP contribution in [0.3, 0.4) is 0 Å². The van der Waals surface area contributed by atoms with Crippen LogP contribution in [-0.4, -0.2) is 42.0 Å². The second-order valence-electron chi connectivity index (χ2n) is 8.02. The maximum Gasteiger partial charge on any atom is 0.224 e. The summed E-state index contributed by atoms with van der Waals surface area (Å²) in [4.78, 5) is 17.4. The summed E-state index contributed by atoms with van der Waals surface area (Å²) < 4.78 is 31.5. The highest BCUT2D eigenvalue weighted by Crippen LogP contribution is 2.33. The second-order valence-corrected chi connectivity index (χ2v) is 8.02. The summed E-state index contributed by atoms with van der Waals surface area (Å²) in [7, 11) is 4.64. The summed E-state index contributed by atoms with van der Waals surface area (Å²) in [6.45, 7) is 3.84. The molecule has 4 aromatic rings. The Morgan fingerprint density at radius 3 is 2.49 bits per heavy atom. The number of anilines is 1. The van der Waals surface area contributed by atoms with Crippen LogP contribution in [0, 0.1) is 19.7 Å². The fraction of sp³-hybridized carbons (Fsp3) is 0.269. The van der Waals surface area contributed by atoms with Crippen molar-refractivity contribution >= 4 is 22.6 Å². The van der Waals surface area contributed by atoms with Crippen molar-refractivity contribution in [2.75, 3.05) is 26.6 Å². The van der Waals surface area contributed by atoms with Gasteiger partial charge in [0.05, 0.1) is 32.7 Å². The largest absolute Gasteiger partial charge is 0.493 e.